The number of hydrogen-bond acceptors (Lipinski definition) is 4. The lowest BCUT2D eigenvalue weighted by Gasteiger charge is -2.36. The van der Waals surface area contributed by atoms with E-state index in [2.05, 4.69) is 4.98 Å². The third-order valence-corrected chi connectivity index (χ3v) is 5.48. The maximum Gasteiger partial charge on any atom is 0.227 e. The van der Waals surface area contributed by atoms with E-state index in [0.717, 1.165) is 36.7 Å². The number of likely N-dealkylation sites (tertiary alicyclic amines) is 1. The molecule has 0 aromatic carbocycles. The van der Waals surface area contributed by atoms with Crippen molar-refractivity contribution >= 4 is 23.6 Å². The Kier molecular flexibility index (Phi) is 5.54. The summed E-state index contributed by atoms with van der Waals surface area (Å²) < 4.78 is 0. The van der Waals surface area contributed by atoms with Crippen molar-refractivity contribution in [3.8, 4) is 0 Å². The highest BCUT2D eigenvalue weighted by atomic mass is 32.2. The van der Waals surface area contributed by atoms with Gasteiger partial charge in [-0.3, -0.25) is 14.6 Å². The van der Waals surface area contributed by atoms with Gasteiger partial charge in [0, 0.05) is 62.4 Å². The van der Waals surface area contributed by atoms with Gasteiger partial charge in [-0.05, 0) is 18.6 Å². The van der Waals surface area contributed by atoms with E-state index in [1.807, 2.05) is 39.8 Å². The van der Waals surface area contributed by atoms with Crippen molar-refractivity contribution in [3.05, 3.63) is 30.1 Å². The predicted octanol–water partition coefficient (Wildman–Crippen LogP) is 1.44. The van der Waals surface area contributed by atoms with Crippen LogP contribution in [0.3, 0.4) is 0 Å². The molecule has 124 valence electrons. The molecule has 23 heavy (non-hydrogen) atoms. The second-order valence-electron chi connectivity index (χ2n) is 6.08. The van der Waals surface area contributed by atoms with Crippen LogP contribution in [0, 0.1) is 5.92 Å². The van der Waals surface area contributed by atoms with Crippen LogP contribution in [0.15, 0.2) is 24.4 Å². The lowest BCUT2D eigenvalue weighted by atomic mass is 9.95. The molecular formula is C17H23N3O2S. The third-order valence-electron chi connectivity index (χ3n) is 4.54. The topological polar surface area (TPSA) is 53.5 Å². The monoisotopic (exact) mass is 333 g/mol. The van der Waals surface area contributed by atoms with Gasteiger partial charge >= 0.3 is 0 Å². The summed E-state index contributed by atoms with van der Waals surface area (Å²) >= 11 is 1.90. The first kappa shape index (κ1) is 16.3. The first-order chi connectivity index (χ1) is 11.2. The van der Waals surface area contributed by atoms with E-state index in [9.17, 15) is 9.59 Å². The zero-order chi connectivity index (χ0) is 16.1. The molecular weight excluding hydrogens is 310 g/mol. The fraction of sp³-hybridized carbons (Fsp3) is 0.588. The Bertz CT molecular complexity index is 546. The van der Waals surface area contributed by atoms with Crippen LogP contribution >= 0.6 is 11.8 Å². The highest BCUT2D eigenvalue weighted by Gasteiger charge is 2.32. The summed E-state index contributed by atoms with van der Waals surface area (Å²) in [5, 5.41) is 0. The molecule has 0 spiro atoms. The molecule has 2 fully saturated rings. The van der Waals surface area contributed by atoms with Gasteiger partial charge in [0.05, 0.1) is 5.92 Å². The summed E-state index contributed by atoms with van der Waals surface area (Å²) in [7, 11) is 0. The summed E-state index contributed by atoms with van der Waals surface area (Å²) in [4.78, 5) is 32.9. The highest BCUT2D eigenvalue weighted by molar-refractivity contribution is 7.99. The van der Waals surface area contributed by atoms with Gasteiger partial charge in [-0.15, -0.1) is 0 Å². The lowest BCUT2D eigenvalue weighted by molar-refractivity contribution is -0.142. The minimum atomic E-state index is -0.0282. The normalized spacial score (nSPS) is 22.3. The zero-order valence-corrected chi connectivity index (χ0v) is 14.1. The fourth-order valence-electron chi connectivity index (χ4n) is 3.17. The number of carbonyl (C=O) groups is 2. The maximum atomic E-state index is 12.6. The smallest absolute Gasteiger partial charge is 0.227 e. The van der Waals surface area contributed by atoms with E-state index in [1.54, 1.807) is 6.20 Å². The van der Waals surface area contributed by atoms with Gasteiger partial charge in [-0.2, -0.15) is 11.8 Å². The molecule has 3 heterocycles. The molecule has 2 aliphatic heterocycles. The SMILES string of the molecule is O=C1CC[C@H](C(=O)N2CCSCC2)CN1CCc1ccccn1. The standard InChI is InChI=1S/C17H23N3O2S/c21-16-5-4-14(17(22)19-9-11-23-12-10-19)13-20(16)8-6-15-3-1-2-7-18-15/h1-3,7,14H,4-6,8-13H2/t14-/m0/s1. The number of hydrogen-bond donors (Lipinski definition) is 0. The van der Waals surface area contributed by atoms with Crippen molar-refractivity contribution in [2.24, 2.45) is 5.92 Å². The van der Waals surface area contributed by atoms with Crippen molar-refractivity contribution in [1.82, 2.24) is 14.8 Å². The van der Waals surface area contributed by atoms with Crippen molar-refractivity contribution in [2.75, 3.05) is 37.7 Å². The average Bonchev–Trinajstić information content (AvgIpc) is 2.62. The second-order valence-corrected chi connectivity index (χ2v) is 7.31. The Morgan fingerprint density at radius 1 is 1.30 bits per heavy atom. The van der Waals surface area contributed by atoms with Crippen LogP contribution in [0.25, 0.3) is 0 Å². The van der Waals surface area contributed by atoms with Crippen LogP contribution < -0.4 is 0 Å². The van der Waals surface area contributed by atoms with Gasteiger partial charge in [0.2, 0.25) is 11.8 Å². The zero-order valence-electron chi connectivity index (χ0n) is 13.3. The van der Waals surface area contributed by atoms with Gasteiger partial charge in [-0.25, -0.2) is 0 Å². The van der Waals surface area contributed by atoms with Crippen LogP contribution in [0.5, 0.6) is 0 Å². The molecule has 0 aliphatic carbocycles. The number of rotatable bonds is 4. The number of thioether (sulfide) groups is 1. The molecule has 2 saturated heterocycles. The lowest BCUT2D eigenvalue weighted by Crippen LogP contribution is -2.49. The van der Waals surface area contributed by atoms with Crippen LogP contribution in [-0.2, 0) is 16.0 Å². The van der Waals surface area contributed by atoms with Crippen LogP contribution in [0.4, 0.5) is 0 Å². The summed E-state index contributed by atoms with van der Waals surface area (Å²) in [6.07, 6.45) is 3.70. The molecule has 2 aliphatic rings. The number of nitrogens with zero attached hydrogens (tertiary/aromatic N) is 3. The summed E-state index contributed by atoms with van der Waals surface area (Å²) in [5.74, 6) is 2.43. The molecule has 1 aromatic heterocycles. The Morgan fingerprint density at radius 2 is 2.13 bits per heavy atom. The minimum absolute atomic E-state index is 0.0282. The Hall–Kier alpha value is -1.56. The minimum Gasteiger partial charge on any atom is -0.342 e. The molecule has 2 amide bonds. The van der Waals surface area contributed by atoms with Gasteiger partial charge in [-0.1, -0.05) is 6.07 Å². The molecule has 5 nitrogen and oxygen atoms in total. The number of pyridine rings is 1. The molecule has 6 heteroatoms. The van der Waals surface area contributed by atoms with Crippen molar-refractivity contribution in [1.29, 1.82) is 0 Å². The van der Waals surface area contributed by atoms with Gasteiger partial charge in [0.15, 0.2) is 0 Å². The Labute approximate surface area is 141 Å². The van der Waals surface area contributed by atoms with Crippen molar-refractivity contribution in [2.45, 2.75) is 19.3 Å². The summed E-state index contributed by atoms with van der Waals surface area (Å²) in [5.41, 5.74) is 0.988. The molecule has 3 rings (SSSR count). The van der Waals surface area contributed by atoms with Crippen LogP contribution in [0.1, 0.15) is 18.5 Å². The molecule has 1 atom stereocenters. The summed E-state index contributed by atoms with van der Waals surface area (Å²) in [6.45, 7) is 2.91. The van der Waals surface area contributed by atoms with E-state index in [-0.39, 0.29) is 17.7 Å². The quantitative estimate of drug-likeness (QED) is 0.837. The van der Waals surface area contributed by atoms with E-state index in [0.29, 0.717) is 25.9 Å². The molecule has 0 radical (unpaired) electrons. The first-order valence-electron chi connectivity index (χ1n) is 8.28. The summed E-state index contributed by atoms with van der Waals surface area (Å²) in [6, 6.07) is 5.82. The molecule has 1 aromatic rings. The number of aromatic nitrogens is 1. The van der Waals surface area contributed by atoms with Crippen molar-refractivity contribution in [3.63, 3.8) is 0 Å². The van der Waals surface area contributed by atoms with E-state index < -0.39 is 0 Å². The van der Waals surface area contributed by atoms with Crippen molar-refractivity contribution < 1.29 is 9.59 Å². The van der Waals surface area contributed by atoms with Crippen LogP contribution in [0.2, 0.25) is 0 Å². The predicted molar refractivity (Wildman–Crippen MR) is 91.2 cm³/mol. The van der Waals surface area contributed by atoms with E-state index in [4.69, 9.17) is 0 Å². The largest absolute Gasteiger partial charge is 0.342 e. The van der Waals surface area contributed by atoms with Gasteiger partial charge in [0.25, 0.3) is 0 Å². The average molecular weight is 333 g/mol. The second kappa shape index (κ2) is 7.81. The van der Waals surface area contributed by atoms with Gasteiger partial charge < -0.3 is 9.80 Å². The first-order valence-corrected chi connectivity index (χ1v) is 9.44. The maximum absolute atomic E-state index is 12.6. The highest BCUT2D eigenvalue weighted by Crippen LogP contribution is 2.22. The number of piperidine rings is 1. The van der Waals surface area contributed by atoms with Gasteiger partial charge in [0.1, 0.15) is 0 Å². The Morgan fingerprint density at radius 3 is 2.87 bits per heavy atom. The third kappa shape index (κ3) is 4.25. The molecule has 0 saturated carbocycles. The number of carbonyl (C=O) groups excluding carboxylic acids is 2. The fourth-order valence-corrected chi connectivity index (χ4v) is 4.07. The van der Waals surface area contributed by atoms with E-state index in [1.165, 1.54) is 0 Å². The molecule has 0 N–H and O–H groups in total. The Balaban J connectivity index is 1.55. The van der Waals surface area contributed by atoms with E-state index >= 15 is 0 Å². The molecule has 0 bridgehead atoms. The van der Waals surface area contributed by atoms with Crippen LogP contribution in [-0.4, -0.2) is 64.3 Å². The molecule has 0 unspecified atom stereocenters. The number of amides is 2.